The van der Waals surface area contributed by atoms with E-state index < -0.39 is 0 Å². The molecule has 0 bridgehead atoms. The van der Waals surface area contributed by atoms with Crippen LogP contribution < -0.4 is 10.6 Å². The lowest BCUT2D eigenvalue weighted by molar-refractivity contribution is 0.665. The second-order valence-corrected chi connectivity index (χ2v) is 7.71. The lowest BCUT2D eigenvalue weighted by Gasteiger charge is -2.23. The minimum absolute atomic E-state index is 0.202. The summed E-state index contributed by atoms with van der Waals surface area (Å²) in [5.41, 5.74) is 0. The lowest BCUT2D eigenvalue weighted by atomic mass is 10.2. The van der Waals surface area contributed by atoms with Gasteiger partial charge in [-0.05, 0) is 34.0 Å². The number of guanidine groups is 1. The zero-order chi connectivity index (χ0) is 14.3. The SMILES string of the molecule is CCNC(=NCc1ncc(C)s1)NCC(C)(C)SC. The maximum Gasteiger partial charge on any atom is 0.191 e. The first kappa shape index (κ1) is 16.3. The normalized spacial score (nSPS) is 12.6. The predicted octanol–water partition coefficient (Wildman–Crippen LogP) is 2.65. The molecule has 108 valence electrons. The number of rotatable bonds is 6. The maximum atomic E-state index is 4.57. The van der Waals surface area contributed by atoms with Crippen LogP contribution in [0.25, 0.3) is 0 Å². The van der Waals surface area contributed by atoms with E-state index >= 15 is 0 Å². The van der Waals surface area contributed by atoms with Crippen LogP contribution >= 0.6 is 23.1 Å². The Morgan fingerprint density at radius 2 is 2.21 bits per heavy atom. The van der Waals surface area contributed by atoms with Crippen LogP contribution in [0.4, 0.5) is 0 Å². The summed E-state index contributed by atoms with van der Waals surface area (Å²) in [5.74, 6) is 0.859. The molecule has 6 heteroatoms. The van der Waals surface area contributed by atoms with Gasteiger partial charge >= 0.3 is 0 Å². The number of hydrogen-bond donors (Lipinski definition) is 2. The summed E-state index contributed by atoms with van der Waals surface area (Å²) in [6, 6.07) is 0. The van der Waals surface area contributed by atoms with Crippen LogP contribution in [0.1, 0.15) is 30.7 Å². The van der Waals surface area contributed by atoms with Crippen LogP contribution in [0.5, 0.6) is 0 Å². The van der Waals surface area contributed by atoms with Gasteiger partial charge < -0.3 is 10.6 Å². The molecule has 0 radical (unpaired) electrons. The Morgan fingerprint density at radius 1 is 1.47 bits per heavy atom. The maximum absolute atomic E-state index is 4.57. The average molecular weight is 300 g/mol. The highest BCUT2D eigenvalue weighted by atomic mass is 32.2. The van der Waals surface area contributed by atoms with Crippen LogP contribution in [-0.2, 0) is 6.54 Å². The van der Waals surface area contributed by atoms with Crippen LogP contribution in [0.2, 0.25) is 0 Å². The van der Waals surface area contributed by atoms with Gasteiger partial charge in [-0.25, -0.2) is 9.98 Å². The molecule has 1 aromatic rings. The number of aromatic nitrogens is 1. The molecule has 0 amide bonds. The molecular formula is C13H24N4S2. The summed E-state index contributed by atoms with van der Waals surface area (Å²) in [5, 5.41) is 7.70. The summed E-state index contributed by atoms with van der Waals surface area (Å²) in [6.07, 6.45) is 4.02. The summed E-state index contributed by atoms with van der Waals surface area (Å²) in [4.78, 5) is 10.1. The second kappa shape index (κ2) is 7.75. The molecule has 1 rings (SSSR count). The molecule has 0 saturated carbocycles. The molecule has 1 heterocycles. The van der Waals surface area contributed by atoms with Crippen molar-refractivity contribution in [2.24, 2.45) is 4.99 Å². The van der Waals surface area contributed by atoms with Crippen molar-refractivity contribution in [2.75, 3.05) is 19.3 Å². The molecule has 0 unspecified atom stereocenters. The van der Waals surface area contributed by atoms with E-state index in [9.17, 15) is 0 Å². The van der Waals surface area contributed by atoms with Gasteiger partial charge in [0.25, 0.3) is 0 Å². The minimum atomic E-state index is 0.202. The van der Waals surface area contributed by atoms with E-state index in [1.807, 2.05) is 18.0 Å². The van der Waals surface area contributed by atoms with E-state index in [4.69, 9.17) is 0 Å². The van der Waals surface area contributed by atoms with Crippen molar-refractivity contribution in [2.45, 2.75) is 39.0 Å². The highest BCUT2D eigenvalue weighted by Gasteiger charge is 2.16. The minimum Gasteiger partial charge on any atom is -0.357 e. The Kier molecular flexibility index (Phi) is 6.65. The highest BCUT2D eigenvalue weighted by molar-refractivity contribution is 7.99. The zero-order valence-electron chi connectivity index (χ0n) is 12.4. The molecule has 0 fully saturated rings. The first-order valence-electron chi connectivity index (χ1n) is 6.45. The Morgan fingerprint density at radius 3 is 2.74 bits per heavy atom. The van der Waals surface area contributed by atoms with Crippen molar-refractivity contribution in [3.63, 3.8) is 0 Å². The van der Waals surface area contributed by atoms with E-state index in [0.29, 0.717) is 6.54 Å². The van der Waals surface area contributed by atoms with Crippen molar-refractivity contribution < 1.29 is 0 Å². The fraction of sp³-hybridized carbons (Fsp3) is 0.692. The number of thiazole rings is 1. The second-order valence-electron chi connectivity index (χ2n) is 4.88. The third kappa shape index (κ3) is 6.29. The number of thioether (sulfide) groups is 1. The van der Waals surface area contributed by atoms with Crippen LogP contribution in [0.3, 0.4) is 0 Å². The largest absolute Gasteiger partial charge is 0.357 e. The van der Waals surface area contributed by atoms with Gasteiger partial charge in [-0.15, -0.1) is 11.3 Å². The van der Waals surface area contributed by atoms with Gasteiger partial charge in [-0.3, -0.25) is 0 Å². The summed E-state index contributed by atoms with van der Waals surface area (Å²) >= 11 is 3.55. The van der Waals surface area contributed by atoms with E-state index in [1.54, 1.807) is 11.3 Å². The first-order chi connectivity index (χ1) is 8.96. The van der Waals surface area contributed by atoms with Gasteiger partial charge in [0.05, 0.1) is 6.54 Å². The Bertz CT molecular complexity index is 413. The summed E-state index contributed by atoms with van der Waals surface area (Å²) in [7, 11) is 0. The number of nitrogens with one attached hydrogen (secondary N) is 2. The van der Waals surface area contributed by atoms with Crippen molar-refractivity contribution in [1.29, 1.82) is 0 Å². The van der Waals surface area contributed by atoms with Crippen LogP contribution in [0, 0.1) is 6.92 Å². The Hall–Kier alpha value is -0.750. The number of hydrogen-bond acceptors (Lipinski definition) is 4. The average Bonchev–Trinajstić information content (AvgIpc) is 2.79. The van der Waals surface area contributed by atoms with E-state index in [1.165, 1.54) is 4.88 Å². The quantitative estimate of drug-likeness (QED) is 0.626. The molecule has 0 aliphatic carbocycles. The van der Waals surface area contributed by atoms with Gasteiger partial charge in [-0.1, -0.05) is 0 Å². The molecule has 1 aromatic heterocycles. The van der Waals surface area contributed by atoms with E-state index in [2.05, 4.69) is 54.6 Å². The number of aliphatic imine (C=N–C) groups is 1. The number of aryl methyl sites for hydroxylation is 1. The van der Waals surface area contributed by atoms with Gasteiger partial charge in [0.15, 0.2) is 5.96 Å². The van der Waals surface area contributed by atoms with Gasteiger partial charge in [0, 0.05) is 28.9 Å². The Balaban J connectivity index is 2.56. The molecule has 2 N–H and O–H groups in total. The summed E-state index contributed by atoms with van der Waals surface area (Å²) < 4.78 is 0.202. The van der Waals surface area contributed by atoms with Crippen molar-refractivity contribution in [3.8, 4) is 0 Å². The standard InChI is InChI=1S/C13H24N4S2/c1-6-14-12(17-9-13(3,4)18-5)16-8-11-15-7-10(2)19-11/h7H,6,8-9H2,1-5H3,(H2,14,16,17). The Labute approximate surface area is 124 Å². The van der Waals surface area contributed by atoms with E-state index in [0.717, 1.165) is 24.1 Å². The first-order valence-corrected chi connectivity index (χ1v) is 8.49. The third-order valence-corrected chi connectivity index (χ3v) is 4.77. The monoisotopic (exact) mass is 300 g/mol. The third-order valence-electron chi connectivity index (χ3n) is 2.62. The zero-order valence-corrected chi connectivity index (χ0v) is 14.0. The van der Waals surface area contributed by atoms with Gasteiger partial charge in [-0.2, -0.15) is 11.8 Å². The fourth-order valence-electron chi connectivity index (χ4n) is 1.33. The van der Waals surface area contributed by atoms with Crippen molar-refractivity contribution >= 4 is 29.1 Å². The molecule has 0 aromatic carbocycles. The van der Waals surface area contributed by atoms with Crippen molar-refractivity contribution in [3.05, 3.63) is 16.1 Å². The highest BCUT2D eigenvalue weighted by Crippen LogP contribution is 2.19. The van der Waals surface area contributed by atoms with Gasteiger partial charge in [0.1, 0.15) is 5.01 Å². The van der Waals surface area contributed by atoms with Crippen molar-refractivity contribution in [1.82, 2.24) is 15.6 Å². The molecule has 0 aliphatic heterocycles. The van der Waals surface area contributed by atoms with Crippen LogP contribution in [0.15, 0.2) is 11.2 Å². The fourth-order valence-corrected chi connectivity index (χ4v) is 2.26. The van der Waals surface area contributed by atoms with Gasteiger partial charge in [0.2, 0.25) is 0 Å². The molecular weight excluding hydrogens is 276 g/mol. The summed E-state index contributed by atoms with van der Waals surface area (Å²) in [6.45, 7) is 11.0. The smallest absolute Gasteiger partial charge is 0.191 e. The van der Waals surface area contributed by atoms with Crippen LogP contribution in [-0.4, -0.2) is 35.0 Å². The molecule has 0 aliphatic rings. The molecule has 0 spiro atoms. The predicted molar refractivity (Wildman–Crippen MR) is 87.3 cm³/mol. The topological polar surface area (TPSA) is 49.3 Å². The molecule has 19 heavy (non-hydrogen) atoms. The number of nitrogens with zero attached hydrogens (tertiary/aromatic N) is 2. The molecule has 0 saturated heterocycles. The van der Waals surface area contributed by atoms with E-state index in [-0.39, 0.29) is 4.75 Å². The lowest BCUT2D eigenvalue weighted by Crippen LogP contribution is -2.43. The molecule has 4 nitrogen and oxygen atoms in total. The molecule has 0 atom stereocenters.